The highest BCUT2D eigenvalue weighted by Gasteiger charge is 2.53. The van der Waals surface area contributed by atoms with E-state index in [2.05, 4.69) is 187 Å². The van der Waals surface area contributed by atoms with Gasteiger partial charge in [-0.15, -0.1) is 0 Å². The molecular formula is C57H44. The van der Waals surface area contributed by atoms with E-state index in [9.17, 15) is 0 Å². The lowest BCUT2D eigenvalue weighted by atomic mass is 9.69. The Bertz CT molecular complexity index is 2750. The summed E-state index contributed by atoms with van der Waals surface area (Å²) in [6, 6.07) is 57.6. The minimum atomic E-state index is -0.357. The maximum Gasteiger partial charge on any atom is 0.0725 e. The Morgan fingerprint density at radius 3 is 0.667 bits per heavy atom. The van der Waals surface area contributed by atoms with Gasteiger partial charge in [-0.3, -0.25) is 0 Å². The van der Waals surface area contributed by atoms with Crippen LogP contribution in [-0.2, 0) is 17.3 Å². The summed E-state index contributed by atoms with van der Waals surface area (Å²) in [5.74, 6) is 0. The molecule has 2 spiro atoms. The summed E-state index contributed by atoms with van der Waals surface area (Å²) in [4.78, 5) is 0. The molecule has 0 saturated carbocycles. The van der Waals surface area contributed by atoms with Crippen LogP contribution in [0.3, 0.4) is 0 Å². The van der Waals surface area contributed by atoms with Crippen molar-refractivity contribution in [3.8, 4) is 44.5 Å². The fraction of sp³-hybridized carbons (Fsp3) is 0.158. The zero-order valence-electron chi connectivity index (χ0n) is 33.6. The first-order valence-corrected chi connectivity index (χ1v) is 20.6. The highest BCUT2D eigenvalue weighted by atomic mass is 14.5. The Hall–Kier alpha value is -6.24. The van der Waals surface area contributed by atoms with Crippen LogP contribution in [-0.4, -0.2) is 0 Å². The van der Waals surface area contributed by atoms with E-state index >= 15 is 0 Å². The molecule has 0 heteroatoms. The molecule has 0 N–H and O–H groups in total. The van der Waals surface area contributed by atoms with Crippen molar-refractivity contribution in [3.05, 3.63) is 235 Å². The molecule has 8 aromatic rings. The fourth-order valence-electron chi connectivity index (χ4n) is 11.7. The number of fused-ring (bicyclic) bond motifs is 20. The molecule has 0 nitrogen and oxygen atoms in total. The molecule has 0 atom stereocenters. The second-order valence-corrected chi connectivity index (χ2v) is 17.7. The van der Waals surface area contributed by atoms with Gasteiger partial charge in [-0.1, -0.05) is 179 Å². The monoisotopic (exact) mass is 728 g/mol. The number of hydrogen-bond donors (Lipinski definition) is 0. The van der Waals surface area contributed by atoms with Gasteiger partial charge in [-0.2, -0.15) is 0 Å². The standard InChI is InChI=1S/C57H44/c1-32-7-15-40-41-16-8-33(2)24-49(41)56(48(40)23-32)52-27-36(5)11-19-44(52)46-21-13-38(30-54(46)56)29-39-14-22-47-45-20-12-37(6)28-53(45)57(55(47)31-39)50-25-34(3)9-17-42(50)43-18-10-35(4)26-51(43)57/h7-28,30-31H,29H2,1-6H3. The van der Waals surface area contributed by atoms with Crippen LogP contribution >= 0.6 is 0 Å². The van der Waals surface area contributed by atoms with Gasteiger partial charge in [0.1, 0.15) is 0 Å². The van der Waals surface area contributed by atoms with Gasteiger partial charge >= 0.3 is 0 Å². The summed E-state index contributed by atoms with van der Waals surface area (Å²) >= 11 is 0. The predicted octanol–water partition coefficient (Wildman–Crippen LogP) is 13.8. The third-order valence-electron chi connectivity index (χ3n) is 14.0. The first kappa shape index (κ1) is 33.0. The quantitative estimate of drug-likeness (QED) is 0.166. The minimum absolute atomic E-state index is 0.357. The summed E-state index contributed by atoms with van der Waals surface area (Å²) < 4.78 is 0. The molecular weight excluding hydrogens is 685 g/mol. The van der Waals surface area contributed by atoms with Crippen LogP contribution in [0.25, 0.3) is 44.5 Å². The topological polar surface area (TPSA) is 0 Å². The lowest BCUT2D eigenvalue weighted by Gasteiger charge is -2.32. The minimum Gasteiger partial charge on any atom is -0.0587 e. The summed E-state index contributed by atoms with van der Waals surface area (Å²) in [5.41, 5.74) is 32.1. The molecule has 0 aliphatic heterocycles. The van der Waals surface area contributed by atoms with Gasteiger partial charge in [0.25, 0.3) is 0 Å². The van der Waals surface area contributed by atoms with Gasteiger partial charge in [0.2, 0.25) is 0 Å². The van der Waals surface area contributed by atoms with Crippen LogP contribution in [0.1, 0.15) is 89.0 Å². The van der Waals surface area contributed by atoms with Gasteiger partial charge in [-0.05, 0) is 148 Å². The highest BCUT2D eigenvalue weighted by molar-refractivity contribution is 5.97. The highest BCUT2D eigenvalue weighted by Crippen LogP contribution is 2.65. The second kappa shape index (κ2) is 11.2. The van der Waals surface area contributed by atoms with E-state index in [0.29, 0.717) is 0 Å². The Kier molecular flexibility index (Phi) is 6.48. The third-order valence-corrected chi connectivity index (χ3v) is 14.0. The fourth-order valence-corrected chi connectivity index (χ4v) is 11.7. The molecule has 0 heterocycles. The zero-order valence-corrected chi connectivity index (χ0v) is 33.6. The molecule has 272 valence electrons. The number of benzene rings is 8. The van der Waals surface area contributed by atoms with Crippen molar-refractivity contribution in [2.75, 3.05) is 0 Å². The molecule has 0 bridgehead atoms. The van der Waals surface area contributed by atoms with Crippen molar-refractivity contribution in [2.45, 2.75) is 58.8 Å². The van der Waals surface area contributed by atoms with Gasteiger partial charge in [0.05, 0.1) is 10.8 Å². The predicted molar refractivity (Wildman–Crippen MR) is 237 cm³/mol. The molecule has 0 radical (unpaired) electrons. The second-order valence-electron chi connectivity index (χ2n) is 17.7. The van der Waals surface area contributed by atoms with Crippen LogP contribution in [0, 0.1) is 41.5 Å². The van der Waals surface area contributed by atoms with E-state index in [4.69, 9.17) is 0 Å². The van der Waals surface area contributed by atoms with Crippen LogP contribution in [0.5, 0.6) is 0 Å². The first-order chi connectivity index (χ1) is 27.7. The average molecular weight is 729 g/mol. The Balaban J connectivity index is 1.07. The SMILES string of the molecule is Cc1ccc2c(c1)C1(c3cc(C)ccc3-2)c2cc(C)ccc2-c2ccc(Cc3ccc4c(c3)C3(c5cc(C)ccc5-c5ccc(C)cc53)c3cc(C)ccc3-4)cc21. The van der Waals surface area contributed by atoms with E-state index in [1.807, 2.05) is 0 Å². The lowest BCUT2D eigenvalue weighted by Crippen LogP contribution is -2.26. The number of rotatable bonds is 2. The van der Waals surface area contributed by atoms with E-state index in [1.165, 1.54) is 134 Å². The number of aryl methyl sites for hydroxylation is 6. The van der Waals surface area contributed by atoms with Crippen molar-refractivity contribution in [1.29, 1.82) is 0 Å². The van der Waals surface area contributed by atoms with Crippen molar-refractivity contribution in [3.63, 3.8) is 0 Å². The molecule has 12 rings (SSSR count). The van der Waals surface area contributed by atoms with Crippen LogP contribution < -0.4 is 0 Å². The van der Waals surface area contributed by atoms with Crippen molar-refractivity contribution < 1.29 is 0 Å². The maximum absolute atomic E-state index is 2.57. The molecule has 8 aromatic carbocycles. The molecule has 0 amide bonds. The van der Waals surface area contributed by atoms with Crippen LogP contribution in [0.4, 0.5) is 0 Å². The molecule has 4 aliphatic rings. The summed E-state index contributed by atoms with van der Waals surface area (Å²) in [7, 11) is 0. The van der Waals surface area contributed by atoms with E-state index in [0.717, 1.165) is 6.42 Å². The largest absolute Gasteiger partial charge is 0.0725 e. The molecule has 57 heavy (non-hydrogen) atoms. The summed E-state index contributed by atoms with van der Waals surface area (Å²) in [5, 5.41) is 0. The summed E-state index contributed by atoms with van der Waals surface area (Å²) in [6.07, 6.45) is 0.861. The van der Waals surface area contributed by atoms with Gasteiger partial charge in [-0.25, -0.2) is 0 Å². The molecule has 0 aromatic heterocycles. The zero-order chi connectivity index (χ0) is 38.5. The Labute approximate surface area is 336 Å². The van der Waals surface area contributed by atoms with Crippen LogP contribution in [0.2, 0.25) is 0 Å². The van der Waals surface area contributed by atoms with Gasteiger partial charge in [0, 0.05) is 0 Å². The van der Waals surface area contributed by atoms with E-state index < -0.39 is 0 Å². The van der Waals surface area contributed by atoms with Gasteiger partial charge in [0.15, 0.2) is 0 Å². The van der Waals surface area contributed by atoms with E-state index in [1.54, 1.807) is 0 Å². The first-order valence-electron chi connectivity index (χ1n) is 20.6. The van der Waals surface area contributed by atoms with Crippen molar-refractivity contribution in [1.82, 2.24) is 0 Å². The van der Waals surface area contributed by atoms with Crippen molar-refractivity contribution in [2.24, 2.45) is 0 Å². The normalized spacial score (nSPS) is 14.8. The van der Waals surface area contributed by atoms with Crippen LogP contribution in [0.15, 0.2) is 146 Å². The smallest absolute Gasteiger partial charge is 0.0587 e. The lowest BCUT2D eigenvalue weighted by molar-refractivity contribution is 0.786. The third kappa shape index (κ3) is 4.13. The molecule has 0 saturated heterocycles. The van der Waals surface area contributed by atoms with Gasteiger partial charge < -0.3 is 0 Å². The maximum atomic E-state index is 2.57. The summed E-state index contributed by atoms with van der Waals surface area (Å²) in [6.45, 7) is 13.5. The number of hydrogen-bond acceptors (Lipinski definition) is 0. The average Bonchev–Trinajstić information content (AvgIpc) is 3.84. The molecule has 0 fully saturated rings. The van der Waals surface area contributed by atoms with E-state index in [-0.39, 0.29) is 10.8 Å². The Morgan fingerprint density at radius 2 is 0.439 bits per heavy atom. The van der Waals surface area contributed by atoms with Crippen molar-refractivity contribution >= 4 is 0 Å². The molecule has 0 unspecified atom stereocenters. The molecule has 4 aliphatic carbocycles. The Morgan fingerprint density at radius 1 is 0.246 bits per heavy atom.